The Hall–Kier alpha value is -1.36. The van der Waals surface area contributed by atoms with Gasteiger partial charge in [-0.2, -0.15) is 0 Å². The topological polar surface area (TPSA) is 49.4 Å². The number of carbonyl (C=O) groups excluding carboxylic acids is 2. The van der Waals surface area contributed by atoms with Crippen molar-refractivity contribution in [1.82, 2.24) is 10.2 Å². The molecule has 1 N–H and O–H groups in total. The first-order chi connectivity index (χ1) is 9.54. The lowest BCUT2D eigenvalue weighted by atomic mass is 9.96. The number of nitrogens with one attached hydrogen (secondary N) is 1. The number of hydrogen-bond donors (Lipinski definition) is 1. The maximum atomic E-state index is 12.5. The van der Waals surface area contributed by atoms with E-state index in [4.69, 9.17) is 0 Å². The van der Waals surface area contributed by atoms with E-state index in [1.165, 1.54) is 4.88 Å². The lowest BCUT2D eigenvalue weighted by Gasteiger charge is -2.40. The van der Waals surface area contributed by atoms with E-state index in [2.05, 4.69) is 11.4 Å². The van der Waals surface area contributed by atoms with Gasteiger partial charge in [-0.3, -0.25) is 9.59 Å². The first kappa shape index (κ1) is 15.0. The van der Waals surface area contributed by atoms with Crippen molar-refractivity contribution in [2.75, 3.05) is 6.54 Å². The Kier molecular flexibility index (Phi) is 4.81. The summed E-state index contributed by atoms with van der Waals surface area (Å²) >= 11 is 1.69. The van der Waals surface area contributed by atoms with Gasteiger partial charge < -0.3 is 10.2 Å². The Morgan fingerprint density at radius 2 is 2.15 bits per heavy atom. The molecule has 1 aromatic heterocycles. The molecule has 1 aliphatic rings. The number of nitrogens with zero attached hydrogens (tertiary/aromatic N) is 1. The van der Waals surface area contributed by atoms with Crippen LogP contribution in [0, 0.1) is 5.92 Å². The molecular weight excluding hydrogens is 272 g/mol. The van der Waals surface area contributed by atoms with Crippen LogP contribution in [0.2, 0.25) is 0 Å². The molecule has 2 unspecified atom stereocenters. The molecule has 20 heavy (non-hydrogen) atoms. The van der Waals surface area contributed by atoms with Crippen LogP contribution in [0.3, 0.4) is 0 Å². The summed E-state index contributed by atoms with van der Waals surface area (Å²) in [7, 11) is 0. The highest BCUT2D eigenvalue weighted by Crippen LogP contribution is 2.20. The van der Waals surface area contributed by atoms with Gasteiger partial charge in [0.1, 0.15) is 12.1 Å². The zero-order chi connectivity index (χ0) is 14.7. The van der Waals surface area contributed by atoms with Crippen molar-refractivity contribution in [3.05, 3.63) is 22.4 Å². The van der Waals surface area contributed by atoms with Crippen molar-refractivity contribution < 1.29 is 9.59 Å². The number of piperazine rings is 1. The largest absolute Gasteiger partial charge is 0.343 e. The second-order valence-electron chi connectivity index (χ2n) is 5.52. The number of thiophene rings is 1. The average molecular weight is 294 g/mol. The number of hydrogen-bond acceptors (Lipinski definition) is 3. The van der Waals surface area contributed by atoms with Gasteiger partial charge in [-0.15, -0.1) is 11.3 Å². The highest BCUT2D eigenvalue weighted by Gasteiger charge is 2.40. The minimum atomic E-state index is -0.360. The zero-order valence-corrected chi connectivity index (χ0v) is 13.1. The van der Waals surface area contributed by atoms with E-state index in [0.717, 1.165) is 6.42 Å². The number of rotatable bonds is 5. The molecule has 5 heteroatoms. The van der Waals surface area contributed by atoms with Crippen LogP contribution in [0.15, 0.2) is 17.5 Å². The molecule has 4 nitrogen and oxygen atoms in total. The third kappa shape index (κ3) is 3.03. The monoisotopic (exact) mass is 294 g/mol. The summed E-state index contributed by atoms with van der Waals surface area (Å²) in [5.41, 5.74) is 0. The van der Waals surface area contributed by atoms with E-state index in [9.17, 15) is 9.59 Å². The smallest absolute Gasteiger partial charge is 0.245 e. The fraction of sp³-hybridized carbons (Fsp3) is 0.600. The second kappa shape index (κ2) is 6.39. The molecule has 2 amide bonds. The SMILES string of the molecule is CCC1NC(=O)C(C(C)C)N(CCc2cccs2)C1=O. The van der Waals surface area contributed by atoms with Gasteiger partial charge in [-0.25, -0.2) is 0 Å². The van der Waals surface area contributed by atoms with Crippen LogP contribution >= 0.6 is 11.3 Å². The lowest BCUT2D eigenvalue weighted by Crippen LogP contribution is -2.64. The molecule has 0 spiro atoms. The Morgan fingerprint density at radius 3 is 2.70 bits per heavy atom. The summed E-state index contributed by atoms with van der Waals surface area (Å²) in [6.07, 6.45) is 1.46. The van der Waals surface area contributed by atoms with E-state index < -0.39 is 0 Å². The second-order valence-corrected chi connectivity index (χ2v) is 6.55. The van der Waals surface area contributed by atoms with Crippen molar-refractivity contribution >= 4 is 23.2 Å². The van der Waals surface area contributed by atoms with Gasteiger partial charge in [0.15, 0.2) is 0 Å². The molecule has 0 aromatic carbocycles. The predicted molar refractivity (Wildman–Crippen MR) is 80.6 cm³/mol. The molecule has 1 aliphatic heterocycles. The summed E-state index contributed by atoms with van der Waals surface area (Å²) in [6.45, 7) is 6.52. The number of amides is 2. The molecule has 2 rings (SSSR count). The van der Waals surface area contributed by atoms with E-state index >= 15 is 0 Å². The van der Waals surface area contributed by atoms with Crippen molar-refractivity contribution in [2.45, 2.75) is 45.7 Å². The maximum Gasteiger partial charge on any atom is 0.245 e. The molecule has 0 bridgehead atoms. The molecule has 1 fully saturated rings. The zero-order valence-electron chi connectivity index (χ0n) is 12.3. The molecule has 0 aliphatic carbocycles. The van der Waals surface area contributed by atoms with Gasteiger partial charge in [0.05, 0.1) is 0 Å². The highest BCUT2D eigenvalue weighted by atomic mass is 32.1. The van der Waals surface area contributed by atoms with Gasteiger partial charge >= 0.3 is 0 Å². The van der Waals surface area contributed by atoms with Crippen LogP contribution in [0.5, 0.6) is 0 Å². The maximum absolute atomic E-state index is 12.5. The van der Waals surface area contributed by atoms with Crippen molar-refractivity contribution in [1.29, 1.82) is 0 Å². The van der Waals surface area contributed by atoms with Gasteiger partial charge in [-0.05, 0) is 30.2 Å². The fourth-order valence-corrected chi connectivity index (χ4v) is 3.37. The molecular formula is C15H22N2O2S. The molecule has 0 radical (unpaired) electrons. The minimum absolute atomic E-state index is 0.0161. The Morgan fingerprint density at radius 1 is 1.40 bits per heavy atom. The first-order valence-corrected chi connectivity index (χ1v) is 8.05. The van der Waals surface area contributed by atoms with E-state index in [1.807, 2.05) is 32.2 Å². The number of carbonyl (C=O) groups is 2. The van der Waals surface area contributed by atoms with Crippen LogP contribution < -0.4 is 5.32 Å². The fourth-order valence-electron chi connectivity index (χ4n) is 2.67. The predicted octanol–water partition coefficient (Wildman–Crippen LogP) is 2.05. The normalized spacial score (nSPS) is 23.3. The minimum Gasteiger partial charge on any atom is -0.343 e. The van der Waals surface area contributed by atoms with Crippen LogP contribution in [0.1, 0.15) is 32.1 Å². The molecule has 0 saturated carbocycles. The molecule has 2 atom stereocenters. The Bertz CT molecular complexity index is 470. The third-order valence-electron chi connectivity index (χ3n) is 3.72. The van der Waals surface area contributed by atoms with Crippen LogP contribution in [0.4, 0.5) is 0 Å². The van der Waals surface area contributed by atoms with Crippen molar-refractivity contribution in [2.24, 2.45) is 5.92 Å². The standard InChI is InChI=1S/C15H22N2O2S/c1-4-12-15(19)17(8-7-11-6-5-9-20-11)13(10(2)3)14(18)16-12/h5-6,9-10,12-13H,4,7-8H2,1-3H3,(H,16,18). The van der Waals surface area contributed by atoms with Gasteiger partial charge in [-0.1, -0.05) is 26.8 Å². The van der Waals surface area contributed by atoms with Crippen LogP contribution in [-0.2, 0) is 16.0 Å². The highest BCUT2D eigenvalue weighted by molar-refractivity contribution is 7.09. The van der Waals surface area contributed by atoms with E-state index in [1.54, 1.807) is 16.2 Å². The summed E-state index contributed by atoms with van der Waals surface area (Å²) in [5, 5.41) is 4.88. The van der Waals surface area contributed by atoms with Gasteiger partial charge in [0, 0.05) is 11.4 Å². The Balaban J connectivity index is 2.13. The molecule has 110 valence electrons. The van der Waals surface area contributed by atoms with Crippen LogP contribution in [0.25, 0.3) is 0 Å². The van der Waals surface area contributed by atoms with Crippen molar-refractivity contribution in [3.63, 3.8) is 0 Å². The summed E-state index contributed by atoms with van der Waals surface area (Å²) in [4.78, 5) is 27.7. The average Bonchev–Trinajstić information content (AvgIpc) is 2.91. The van der Waals surface area contributed by atoms with Gasteiger partial charge in [0.2, 0.25) is 11.8 Å². The van der Waals surface area contributed by atoms with Crippen molar-refractivity contribution in [3.8, 4) is 0 Å². The molecule has 1 saturated heterocycles. The van der Waals surface area contributed by atoms with E-state index in [0.29, 0.717) is 13.0 Å². The summed E-state index contributed by atoms with van der Waals surface area (Å²) in [5.74, 6) is 0.167. The lowest BCUT2D eigenvalue weighted by molar-refractivity contribution is -0.151. The third-order valence-corrected chi connectivity index (χ3v) is 4.66. The van der Waals surface area contributed by atoms with Crippen LogP contribution in [-0.4, -0.2) is 35.3 Å². The summed E-state index contributed by atoms with van der Waals surface area (Å²) in [6, 6.07) is 3.38. The quantitative estimate of drug-likeness (QED) is 0.903. The first-order valence-electron chi connectivity index (χ1n) is 7.17. The molecule has 2 heterocycles. The Labute approximate surface area is 124 Å². The molecule has 1 aromatic rings. The van der Waals surface area contributed by atoms with Gasteiger partial charge in [0.25, 0.3) is 0 Å². The van der Waals surface area contributed by atoms with E-state index in [-0.39, 0.29) is 29.8 Å². The summed E-state index contributed by atoms with van der Waals surface area (Å²) < 4.78 is 0.